The van der Waals surface area contributed by atoms with Crippen molar-refractivity contribution in [1.29, 1.82) is 0 Å². The first-order valence-electron chi connectivity index (χ1n) is 5.97. The van der Waals surface area contributed by atoms with Gasteiger partial charge in [-0.15, -0.1) is 0 Å². The molecule has 5 nitrogen and oxygen atoms in total. The molecule has 1 aliphatic rings. The van der Waals surface area contributed by atoms with Crippen molar-refractivity contribution in [3.8, 4) is 0 Å². The Morgan fingerprint density at radius 1 is 1.65 bits per heavy atom. The van der Waals surface area contributed by atoms with Crippen molar-refractivity contribution in [3.05, 3.63) is 22.7 Å². The Kier molecular flexibility index (Phi) is 3.19. The maximum absolute atomic E-state index is 11.5. The van der Waals surface area contributed by atoms with Crippen LogP contribution in [-0.4, -0.2) is 28.7 Å². The molecule has 0 aliphatic heterocycles. The van der Waals surface area contributed by atoms with Gasteiger partial charge in [-0.3, -0.25) is 4.79 Å². The molecule has 1 aromatic rings. The van der Waals surface area contributed by atoms with Crippen molar-refractivity contribution in [1.82, 2.24) is 9.97 Å². The van der Waals surface area contributed by atoms with E-state index in [1.54, 1.807) is 6.20 Å². The number of rotatable bonds is 4. The van der Waals surface area contributed by atoms with Crippen LogP contribution in [0.3, 0.4) is 0 Å². The predicted molar refractivity (Wildman–Crippen MR) is 66.1 cm³/mol. The molecule has 0 spiro atoms. The van der Waals surface area contributed by atoms with E-state index in [-0.39, 0.29) is 23.1 Å². The second-order valence-electron chi connectivity index (χ2n) is 4.96. The lowest BCUT2D eigenvalue weighted by Crippen LogP contribution is -2.58. The van der Waals surface area contributed by atoms with Gasteiger partial charge in [0, 0.05) is 30.5 Å². The third-order valence-corrected chi connectivity index (χ3v) is 3.56. The zero-order chi connectivity index (χ0) is 12.5. The molecule has 0 aromatic carbocycles. The molecule has 2 rings (SSSR count). The van der Waals surface area contributed by atoms with Gasteiger partial charge in [0.15, 0.2) is 5.82 Å². The topological polar surface area (TPSA) is 67.0 Å². The third kappa shape index (κ3) is 2.20. The van der Waals surface area contributed by atoms with Crippen LogP contribution >= 0.6 is 0 Å². The number of ether oxygens (including phenoxy) is 1. The van der Waals surface area contributed by atoms with Gasteiger partial charge < -0.3 is 15.0 Å². The molecule has 1 heterocycles. The minimum atomic E-state index is -0.178. The van der Waals surface area contributed by atoms with Crippen molar-refractivity contribution >= 4 is 5.82 Å². The van der Waals surface area contributed by atoms with E-state index in [9.17, 15) is 4.79 Å². The summed E-state index contributed by atoms with van der Waals surface area (Å²) in [6.07, 6.45) is 4.28. The van der Waals surface area contributed by atoms with E-state index in [0.717, 1.165) is 13.0 Å². The number of aromatic nitrogens is 2. The molecule has 94 valence electrons. The zero-order valence-corrected chi connectivity index (χ0v) is 10.5. The number of anilines is 1. The summed E-state index contributed by atoms with van der Waals surface area (Å²) in [6, 6.07) is 0.232. The number of nitrogens with zero attached hydrogens (tertiary/aromatic N) is 1. The summed E-state index contributed by atoms with van der Waals surface area (Å²) in [5.74, 6) is 0.389. The molecule has 2 atom stereocenters. The Morgan fingerprint density at radius 2 is 2.41 bits per heavy atom. The molecule has 0 amide bonds. The molecule has 17 heavy (non-hydrogen) atoms. The number of H-pyrrole nitrogens is 1. The van der Waals surface area contributed by atoms with Gasteiger partial charge in [0.2, 0.25) is 0 Å². The molecule has 0 saturated heterocycles. The predicted octanol–water partition coefficient (Wildman–Crippen LogP) is 1.39. The molecule has 2 unspecified atom stereocenters. The smallest absolute Gasteiger partial charge is 0.290 e. The average Bonchev–Trinajstić information content (AvgIpc) is 2.30. The van der Waals surface area contributed by atoms with Crippen molar-refractivity contribution in [2.24, 2.45) is 5.41 Å². The molecule has 2 N–H and O–H groups in total. The van der Waals surface area contributed by atoms with Crippen LogP contribution < -0.4 is 10.9 Å². The minimum absolute atomic E-state index is 0.0277. The van der Waals surface area contributed by atoms with Gasteiger partial charge in [-0.1, -0.05) is 13.8 Å². The second kappa shape index (κ2) is 4.49. The lowest BCUT2D eigenvalue weighted by Gasteiger charge is -2.51. The van der Waals surface area contributed by atoms with Crippen LogP contribution in [0.25, 0.3) is 0 Å². The maximum atomic E-state index is 11.5. The standard InChI is InChI=1S/C12H19N3O2/c1-4-17-9-7-8(12(9,2)3)15-10-11(16)14-6-5-13-10/h5-6,8-9H,4,7H2,1-3H3,(H,13,15)(H,14,16). The third-order valence-electron chi connectivity index (χ3n) is 3.56. The van der Waals surface area contributed by atoms with Crippen molar-refractivity contribution in [2.75, 3.05) is 11.9 Å². The number of nitrogens with one attached hydrogen (secondary N) is 2. The van der Waals surface area contributed by atoms with E-state index in [4.69, 9.17) is 4.74 Å². The van der Waals surface area contributed by atoms with Crippen LogP contribution in [0.15, 0.2) is 17.2 Å². The van der Waals surface area contributed by atoms with Gasteiger partial charge in [-0.05, 0) is 13.3 Å². The summed E-state index contributed by atoms with van der Waals surface area (Å²) in [6.45, 7) is 7.02. The molecule has 1 aliphatic carbocycles. The lowest BCUT2D eigenvalue weighted by molar-refractivity contribution is -0.0977. The Bertz CT molecular complexity index is 441. The number of aromatic amines is 1. The zero-order valence-electron chi connectivity index (χ0n) is 10.5. The van der Waals surface area contributed by atoms with E-state index in [0.29, 0.717) is 5.82 Å². The molecule has 5 heteroatoms. The highest BCUT2D eigenvalue weighted by Crippen LogP contribution is 2.43. The van der Waals surface area contributed by atoms with Gasteiger partial charge in [0.1, 0.15) is 0 Å². The molecule has 1 fully saturated rings. The summed E-state index contributed by atoms with van der Waals surface area (Å²) in [5, 5.41) is 3.19. The molecular formula is C12H19N3O2. The Morgan fingerprint density at radius 3 is 3.00 bits per heavy atom. The monoisotopic (exact) mass is 237 g/mol. The first-order valence-corrected chi connectivity index (χ1v) is 5.97. The first-order chi connectivity index (χ1) is 8.05. The average molecular weight is 237 g/mol. The number of hydrogen-bond donors (Lipinski definition) is 2. The van der Waals surface area contributed by atoms with Crippen LogP contribution in [0.5, 0.6) is 0 Å². The highest BCUT2D eigenvalue weighted by Gasteiger charge is 2.49. The molecule has 1 saturated carbocycles. The van der Waals surface area contributed by atoms with Crippen LogP contribution in [0.2, 0.25) is 0 Å². The van der Waals surface area contributed by atoms with E-state index >= 15 is 0 Å². The van der Waals surface area contributed by atoms with Crippen molar-refractivity contribution in [3.63, 3.8) is 0 Å². The van der Waals surface area contributed by atoms with E-state index in [2.05, 4.69) is 29.1 Å². The first kappa shape index (κ1) is 12.1. The van der Waals surface area contributed by atoms with Crippen LogP contribution in [0.4, 0.5) is 5.82 Å². The molecule has 0 radical (unpaired) electrons. The Labute approximate surface area is 101 Å². The largest absolute Gasteiger partial charge is 0.378 e. The highest BCUT2D eigenvalue weighted by molar-refractivity contribution is 5.34. The Balaban J connectivity index is 2.03. The summed E-state index contributed by atoms with van der Waals surface area (Å²) in [5.41, 5.74) is -0.150. The minimum Gasteiger partial charge on any atom is -0.378 e. The fourth-order valence-corrected chi connectivity index (χ4v) is 2.23. The van der Waals surface area contributed by atoms with Gasteiger partial charge in [-0.25, -0.2) is 4.98 Å². The van der Waals surface area contributed by atoms with Crippen LogP contribution in [-0.2, 0) is 4.74 Å². The molecule has 1 aromatic heterocycles. The van der Waals surface area contributed by atoms with Crippen molar-refractivity contribution < 1.29 is 4.74 Å². The quantitative estimate of drug-likeness (QED) is 0.830. The van der Waals surface area contributed by atoms with Gasteiger partial charge >= 0.3 is 0 Å². The molecule has 0 bridgehead atoms. The van der Waals surface area contributed by atoms with Gasteiger partial charge in [-0.2, -0.15) is 0 Å². The number of hydrogen-bond acceptors (Lipinski definition) is 4. The second-order valence-corrected chi connectivity index (χ2v) is 4.96. The fraction of sp³-hybridized carbons (Fsp3) is 0.667. The van der Waals surface area contributed by atoms with Crippen molar-refractivity contribution in [2.45, 2.75) is 39.3 Å². The van der Waals surface area contributed by atoms with E-state index < -0.39 is 0 Å². The molecular weight excluding hydrogens is 218 g/mol. The maximum Gasteiger partial charge on any atom is 0.290 e. The van der Waals surface area contributed by atoms with Crippen LogP contribution in [0, 0.1) is 5.41 Å². The van der Waals surface area contributed by atoms with Crippen LogP contribution in [0.1, 0.15) is 27.2 Å². The SMILES string of the molecule is CCOC1CC(Nc2ncc[nH]c2=O)C1(C)C. The van der Waals surface area contributed by atoms with Gasteiger partial charge in [0.25, 0.3) is 5.56 Å². The van der Waals surface area contributed by atoms with E-state index in [1.807, 2.05) is 6.92 Å². The normalized spacial score (nSPS) is 26.3. The highest BCUT2D eigenvalue weighted by atomic mass is 16.5. The summed E-state index contributed by atoms with van der Waals surface area (Å²) in [7, 11) is 0. The summed E-state index contributed by atoms with van der Waals surface area (Å²) >= 11 is 0. The summed E-state index contributed by atoms with van der Waals surface area (Å²) in [4.78, 5) is 18.1. The summed E-state index contributed by atoms with van der Waals surface area (Å²) < 4.78 is 5.64. The Hall–Kier alpha value is -1.36. The fourth-order valence-electron chi connectivity index (χ4n) is 2.23. The lowest BCUT2D eigenvalue weighted by atomic mass is 9.64. The van der Waals surface area contributed by atoms with Gasteiger partial charge in [0.05, 0.1) is 6.10 Å². The van der Waals surface area contributed by atoms with E-state index in [1.165, 1.54) is 6.20 Å².